The molecule has 0 spiro atoms. The fourth-order valence-electron chi connectivity index (χ4n) is 1.87. The third kappa shape index (κ3) is 8.26. The quantitative estimate of drug-likeness (QED) is 0.483. The van der Waals surface area contributed by atoms with E-state index in [1.807, 2.05) is 36.4 Å². The fraction of sp³-hybridized carbons (Fsp3) is 0.333. The van der Waals surface area contributed by atoms with Gasteiger partial charge in [-0.3, -0.25) is 0 Å². The Balaban J connectivity index is 0.00000242. The number of hydrogen-bond donors (Lipinski definition) is 0. The Hall–Kier alpha value is -1.25. The molecule has 0 heterocycles. The molecule has 3 radical (unpaired) electrons. The maximum atomic E-state index is 5.53. The highest BCUT2D eigenvalue weighted by Crippen LogP contribution is 2.01. The smallest absolute Gasteiger partial charge is 0.0718 e. The molecule has 117 valence electrons. The molecule has 0 saturated carbocycles. The molecule has 0 aliphatic rings. The first-order valence-electron chi connectivity index (χ1n) is 7.26. The molecule has 2 aromatic carbocycles. The van der Waals surface area contributed by atoms with E-state index in [0.29, 0.717) is 39.6 Å². The van der Waals surface area contributed by atoms with Crippen molar-refractivity contribution < 1.29 is 14.2 Å². The second-order valence-corrected chi connectivity index (χ2v) is 4.69. The third-order valence-corrected chi connectivity index (χ3v) is 2.97. The molecular formula is C18H22O3P. The van der Waals surface area contributed by atoms with E-state index in [1.54, 1.807) is 0 Å². The summed E-state index contributed by atoms with van der Waals surface area (Å²) in [4.78, 5) is 0. The second kappa shape index (κ2) is 12.3. The van der Waals surface area contributed by atoms with Gasteiger partial charge in [-0.1, -0.05) is 60.7 Å². The van der Waals surface area contributed by atoms with E-state index in [4.69, 9.17) is 14.2 Å². The van der Waals surface area contributed by atoms with Gasteiger partial charge in [-0.2, -0.15) is 0 Å². The van der Waals surface area contributed by atoms with Crippen LogP contribution in [0.5, 0.6) is 0 Å². The van der Waals surface area contributed by atoms with Crippen molar-refractivity contribution in [2.24, 2.45) is 0 Å². The van der Waals surface area contributed by atoms with Gasteiger partial charge in [0.25, 0.3) is 0 Å². The highest BCUT2D eigenvalue weighted by molar-refractivity contribution is 6.92. The molecule has 0 fully saturated rings. The van der Waals surface area contributed by atoms with Crippen LogP contribution in [0.15, 0.2) is 60.7 Å². The minimum absolute atomic E-state index is 0. The van der Waals surface area contributed by atoms with Crippen molar-refractivity contribution >= 4 is 9.90 Å². The maximum absolute atomic E-state index is 5.53. The van der Waals surface area contributed by atoms with Crippen LogP contribution in [0.1, 0.15) is 11.1 Å². The molecule has 0 bridgehead atoms. The molecule has 0 aliphatic heterocycles. The summed E-state index contributed by atoms with van der Waals surface area (Å²) in [7, 11) is 0. The maximum Gasteiger partial charge on any atom is 0.0718 e. The van der Waals surface area contributed by atoms with E-state index in [-0.39, 0.29) is 9.90 Å². The van der Waals surface area contributed by atoms with Gasteiger partial charge in [-0.05, 0) is 11.1 Å². The van der Waals surface area contributed by atoms with Gasteiger partial charge in [0.15, 0.2) is 0 Å². The Morgan fingerprint density at radius 2 is 0.864 bits per heavy atom. The first-order chi connectivity index (χ1) is 10.4. The van der Waals surface area contributed by atoms with E-state index in [0.717, 1.165) is 0 Å². The second-order valence-electron chi connectivity index (χ2n) is 4.69. The molecule has 2 aromatic rings. The van der Waals surface area contributed by atoms with Gasteiger partial charge in [0, 0.05) is 9.90 Å². The van der Waals surface area contributed by atoms with Crippen LogP contribution in [0.4, 0.5) is 0 Å². The molecule has 0 aliphatic carbocycles. The largest absolute Gasteiger partial charge is 0.377 e. The molecule has 0 unspecified atom stereocenters. The molecule has 22 heavy (non-hydrogen) atoms. The molecule has 3 nitrogen and oxygen atoms in total. The summed E-state index contributed by atoms with van der Waals surface area (Å²) in [6.45, 7) is 3.67. The van der Waals surface area contributed by atoms with Crippen molar-refractivity contribution in [3.05, 3.63) is 71.8 Å². The average Bonchev–Trinajstić information content (AvgIpc) is 2.55. The first-order valence-corrected chi connectivity index (χ1v) is 7.26. The summed E-state index contributed by atoms with van der Waals surface area (Å²) >= 11 is 0. The Bertz CT molecular complexity index is 431. The van der Waals surface area contributed by atoms with E-state index >= 15 is 0 Å². The zero-order chi connectivity index (χ0) is 14.6. The molecule has 0 amide bonds. The summed E-state index contributed by atoms with van der Waals surface area (Å²) < 4.78 is 16.5. The summed E-state index contributed by atoms with van der Waals surface area (Å²) in [5.41, 5.74) is 2.37. The fourth-order valence-corrected chi connectivity index (χ4v) is 1.87. The van der Waals surface area contributed by atoms with E-state index in [2.05, 4.69) is 24.3 Å². The van der Waals surface area contributed by atoms with Crippen LogP contribution in [0.2, 0.25) is 0 Å². The van der Waals surface area contributed by atoms with E-state index < -0.39 is 0 Å². The summed E-state index contributed by atoms with van der Waals surface area (Å²) in [6.07, 6.45) is 0. The lowest BCUT2D eigenvalue weighted by atomic mass is 10.2. The highest BCUT2D eigenvalue weighted by atomic mass is 31.0. The number of benzene rings is 2. The van der Waals surface area contributed by atoms with Crippen LogP contribution >= 0.6 is 9.90 Å². The normalized spacial score (nSPS) is 10.2. The lowest BCUT2D eigenvalue weighted by Crippen LogP contribution is -2.09. The zero-order valence-corrected chi connectivity index (χ0v) is 13.6. The Morgan fingerprint density at radius 3 is 1.27 bits per heavy atom. The van der Waals surface area contributed by atoms with Crippen LogP contribution in [-0.4, -0.2) is 26.4 Å². The molecule has 0 N–H and O–H groups in total. The third-order valence-electron chi connectivity index (χ3n) is 2.97. The van der Waals surface area contributed by atoms with E-state index in [9.17, 15) is 0 Å². The van der Waals surface area contributed by atoms with Gasteiger partial charge in [-0.25, -0.2) is 0 Å². The van der Waals surface area contributed by atoms with Gasteiger partial charge in [-0.15, -0.1) is 0 Å². The molecule has 0 aromatic heterocycles. The summed E-state index contributed by atoms with van der Waals surface area (Å²) in [6, 6.07) is 20.3. The van der Waals surface area contributed by atoms with Crippen LogP contribution in [0, 0.1) is 0 Å². The standard InChI is InChI=1S/C18H22O3.P/c1-3-7-17(8-4-1)15-20-13-11-19-12-14-21-16-18-9-5-2-6-10-18;/h1-10H,11-16H2;. The lowest BCUT2D eigenvalue weighted by molar-refractivity contribution is 0.00704. The zero-order valence-electron chi connectivity index (χ0n) is 12.7. The average molecular weight is 317 g/mol. The van der Waals surface area contributed by atoms with Gasteiger partial charge in [0.1, 0.15) is 0 Å². The highest BCUT2D eigenvalue weighted by Gasteiger charge is 1.94. The minimum atomic E-state index is 0. The summed E-state index contributed by atoms with van der Waals surface area (Å²) in [5, 5.41) is 0. The molecular weight excluding hydrogens is 295 g/mol. The van der Waals surface area contributed by atoms with Crippen LogP contribution < -0.4 is 0 Å². The van der Waals surface area contributed by atoms with Gasteiger partial charge < -0.3 is 14.2 Å². The monoisotopic (exact) mass is 317 g/mol. The molecule has 0 atom stereocenters. The van der Waals surface area contributed by atoms with Crippen LogP contribution in [0.3, 0.4) is 0 Å². The predicted molar refractivity (Wildman–Crippen MR) is 89.9 cm³/mol. The Labute approximate surface area is 136 Å². The van der Waals surface area contributed by atoms with Crippen LogP contribution in [0.25, 0.3) is 0 Å². The van der Waals surface area contributed by atoms with Crippen LogP contribution in [-0.2, 0) is 27.4 Å². The Morgan fingerprint density at radius 1 is 0.500 bits per heavy atom. The van der Waals surface area contributed by atoms with Crippen molar-refractivity contribution in [2.45, 2.75) is 13.2 Å². The van der Waals surface area contributed by atoms with Crippen molar-refractivity contribution in [2.75, 3.05) is 26.4 Å². The predicted octanol–water partition coefficient (Wildman–Crippen LogP) is 4.30. The van der Waals surface area contributed by atoms with E-state index in [1.165, 1.54) is 11.1 Å². The molecule has 2 rings (SSSR count). The lowest BCUT2D eigenvalue weighted by Gasteiger charge is -2.07. The van der Waals surface area contributed by atoms with Gasteiger partial charge in [0.05, 0.1) is 39.6 Å². The van der Waals surface area contributed by atoms with Gasteiger partial charge in [0.2, 0.25) is 0 Å². The molecule has 4 heteroatoms. The number of rotatable bonds is 10. The van der Waals surface area contributed by atoms with Crippen molar-refractivity contribution in [3.63, 3.8) is 0 Å². The Kier molecular flexibility index (Phi) is 10.5. The van der Waals surface area contributed by atoms with Gasteiger partial charge >= 0.3 is 0 Å². The van der Waals surface area contributed by atoms with Crippen molar-refractivity contribution in [3.8, 4) is 0 Å². The number of ether oxygens (including phenoxy) is 3. The minimum Gasteiger partial charge on any atom is -0.377 e. The van der Waals surface area contributed by atoms with Crippen molar-refractivity contribution in [1.82, 2.24) is 0 Å². The topological polar surface area (TPSA) is 27.7 Å². The summed E-state index contributed by atoms with van der Waals surface area (Å²) in [5.74, 6) is 0. The van der Waals surface area contributed by atoms with Crippen molar-refractivity contribution in [1.29, 1.82) is 0 Å². The first kappa shape index (κ1) is 18.8. The molecule has 0 saturated heterocycles. The number of hydrogen-bond acceptors (Lipinski definition) is 3. The SMILES string of the molecule is [P].c1ccc(COCCOCCOCc2ccccc2)cc1.